The molecule has 1 aromatic heterocycles. The van der Waals surface area contributed by atoms with Crippen LogP contribution in [0.4, 0.5) is 13.2 Å². The molecule has 3 aliphatic heterocycles. The van der Waals surface area contributed by atoms with Crippen molar-refractivity contribution in [3.05, 3.63) is 48.2 Å². The van der Waals surface area contributed by atoms with E-state index in [1.54, 1.807) is 6.07 Å². The lowest BCUT2D eigenvalue weighted by atomic mass is 9.14. The van der Waals surface area contributed by atoms with Crippen LogP contribution in [0.2, 0.25) is 11.6 Å². The minimum atomic E-state index is -4.28. The highest BCUT2D eigenvalue weighted by Gasteiger charge is 2.59. The molecule has 5 heteroatoms. The normalized spacial score (nSPS) is 30.2. The smallest absolute Gasteiger partial charge is 0.416 e. The minimum Gasteiger partial charge on any atom is -0.416 e. The van der Waals surface area contributed by atoms with Crippen molar-refractivity contribution < 1.29 is 17.6 Å². The molecule has 1 nitrogen and oxygen atoms in total. The molecule has 2 fully saturated rings. The molecule has 0 unspecified atom stereocenters. The fourth-order valence-corrected chi connectivity index (χ4v) is 6.50. The van der Waals surface area contributed by atoms with Gasteiger partial charge in [0.1, 0.15) is 6.20 Å². The minimum absolute atomic E-state index is 0.496. The van der Waals surface area contributed by atoms with Gasteiger partial charge in [0.2, 0.25) is 0 Å². The monoisotopic (exact) mass is 343 g/mol. The van der Waals surface area contributed by atoms with Crippen LogP contribution >= 0.6 is 0 Å². The molecule has 4 heterocycles. The lowest BCUT2D eigenvalue weighted by Crippen LogP contribution is -2.75. The Hall–Kier alpha value is -1.78. The SMILES string of the molecule is FC(F)(F)c1ccc2c(c1)[B-]1(C3CCCC1CCC3)[n+]1ccccc1-2. The molecule has 0 aliphatic carbocycles. The Morgan fingerprint density at radius 3 is 2.24 bits per heavy atom. The van der Waals surface area contributed by atoms with Crippen LogP contribution in [0.5, 0.6) is 0 Å². The first kappa shape index (κ1) is 15.5. The highest BCUT2D eigenvalue weighted by molar-refractivity contribution is 6.89. The first-order valence-corrected chi connectivity index (χ1v) is 9.42. The summed E-state index contributed by atoms with van der Waals surface area (Å²) in [6.45, 7) is 0. The number of aromatic nitrogens is 1. The Morgan fingerprint density at radius 2 is 1.60 bits per heavy atom. The van der Waals surface area contributed by atoms with E-state index >= 15 is 0 Å². The predicted molar refractivity (Wildman–Crippen MR) is 93.1 cm³/mol. The molecule has 2 saturated heterocycles. The fourth-order valence-electron chi connectivity index (χ4n) is 6.50. The number of pyridine rings is 1. The largest absolute Gasteiger partial charge is 0.416 e. The zero-order chi connectivity index (χ0) is 17.2. The van der Waals surface area contributed by atoms with E-state index in [2.05, 4.69) is 16.7 Å². The summed E-state index contributed by atoms with van der Waals surface area (Å²) in [7, 11) is 0. The van der Waals surface area contributed by atoms with E-state index < -0.39 is 18.0 Å². The first-order valence-electron chi connectivity index (χ1n) is 9.42. The van der Waals surface area contributed by atoms with Gasteiger partial charge in [-0.25, -0.2) is 0 Å². The van der Waals surface area contributed by atoms with Crippen molar-refractivity contribution in [3.8, 4) is 11.3 Å². The molecule has 0 radical (unpaired) electrons. The fraction of sp³-hybridized carbons (Fsp3) is 0.450. The summed E-state index contributed by atoms with van der Waals surface area (Å²) < 4.78 is 42.7. The Bertz CT molecular complexity index is 823. The summed E-state index contributed by atoms with van der Waals surface area (Å²) >= 11 is 0. The van der Waals surface area contributed by atoms with Crippen molar-refractivity contribution in [3.63, 3.8) is 0 Å². The van der Waals surface area contributed by atoms with E-state index in [4.69, 9.17) is 0 Å². The summed E-state index contributed by atoms with van der Waals surface area (Å²) in [6.07, 6.45) is 3.72. The highest BCUT2D eigenvalue weighted by Crippen LogP contribution is 2.53. The Balaban J connectivity index is 1.83. The summed E-state index contributed by atoms with van der Waals surface area (Å²) in [4.78, 5) is 0. The Kier molecular flexibility index (Phi) is 3.17. The van der Waals surface area contributed by atoms with E-state index in [0.29, 0.717) is 11.6 Å². The van der Waals surface area contributed by atoms with Gasteiger partial charge < -0.3 is 4.48 Å². The van der Waals surface area contributed by atoms with Gasteiger partial charge in [-0.3, -0.25) is 0 Å². The van der Waals surface area contributed by atoms with E-state index in [1.165, 1.54) is 25.0 Å². The molecule has 5 rings (SSSR count). The van der Waals surface area contributed by atoms with Crippen molar-refractivity contribution in [2.75, 3.05) is 0 Å². The number of fused-ring (bicyclic) bond motifs is 3. The Morgan fingerprint density at radius 1 is 0.920 bits per heavy atom. The molecule has 25 heavy (non-hydrogen) atoms. The zero-order valence-electron chi connectivity index (χ0n) is 14.1. The number of alkyl halides is 3. The summed E-state index contributed by atoms with van der Waals surface area (Å²) in [6, 6.07) is 10.6. The molecule has 2 bridgehead atoms. The molecule has 1 spiro atoms. The van der Waals surface area contributed by atoms with Crippen molar-refractivity contribution in [2.45, 2.75) is 56.3 Å². The van der Waals surface area contributed by atoms with Crippen molar-refractivity contribution in [1.82, 2.24) is 0 Å². The van der Waals surface area contributed by atoms with Crippen LogP contribution in [0, 0.1) is 0 Å². The number of hydrogen-bond acceptors (Lipinski definition) is 0. The number of benzene rings is 1. The summed E-state index contributed by atoms with van der Waals surface area (Å²) in [5, 5.41) is 0. The molecule has 2 aromatic rings. The molecule has 130 valence electrons. The van der Waals surface area contributed by atoms with E-state index in [-0.39, 0.29) is 0 Å². The molecule has 0 saturated carbocycles. The van der Waals surface area contributed by atoms with Crippen molar-refractivity contribution in [1.29, 1.82) is 0 Å². The van der Waals surface area contributed by atoms with Crippen molar-refractivity contribution >= 4 is 11.7 Å². The Labute approximate surface area is 145 Å². The van der Waals surface area contributed by atoms with Crippen LogP contribution in [-0.4, -0.2) is 6.28 Å². The molecular formula is C20H21BF3N. The van der Waals surface area contributed by atoms with Crippen LogP contribution < -0.4 is 9.94 Å². The molecular weight excluding hydrogens is 322 g/mol. The predicted octanol–water partition coefficient (Wildman–Crippen LogP) is 4.78. The second-order valence-corrected chi connectivity index (χ2v) is 8.13. The van der Waals surface area contributed by atoms with Crippen LogP contribution in [-0.2, 0) is 6.18 Å². The van der Waals surface area contributed by atoms with Gasteiger partial charge >= 0.3 is 12.5 Å². The number of nitrogens with zero attached hydrogens (tertiary/aromatic N) is 1. The maximum atomic E-state index is 13.4. The molecule has 0 atom stereocenters. The molecule has 0 amide bonds. The van der Waals surface area contributed by atoms with Gasteiger partial charge in [-0.1, -0.05) is 68.4 Å². The van der Waals surface area contributed by atoms with Crippen LogP contribution in [0.3, 0.4) is 0 Å². The standard InChI is InChI=1S/C20H21BF3N/c22-20(23,24)14-10-11-17-18(13-14)21(25-12-2-1-9-19(17)25)15-5-3-6-16(21)8-4-7-15/h1-2,9-13,15-16H,3-8H2. The summed E-state index contributed by atoms with van der Waals surface area (Å²) in [5.41, 5.74) is 2.61. The van der Waals surface area contributed by atoms with E-state index in [0.717, 1.165) is 42.4 Å². The molecule has 3 aliphatic rings. The van der Waals surface area contributed by atoms with Gasteiger partial charge in [0.25, 0.3) is 0 Å². The number of hydrogen-bond donors (Lipinski definition) is 0. The van der Waals surface area contributed by atoms with Crippen LogP contribution in [0.1, 0.15) is 44.1 Å². The maximum absolute atomic E-state index is 13.4. The third kappa shape index (κ3) is 1.95. The average molecular weight is 343 g/mol. The number of rotatable bonds is 0. The first-order chi connectivity index (χ1) is 12.0. The van der Waals surface area contributed by atoms with Gasteiger partial charge in [0.05, 0.1) is 5.56 Å². The van der Waals surface area contributed by atoms with Gasteiger partial charge in [-0.05, 0) is 12.1 Å². The average Bonchev–Trinajstić information content (AvgIpc) is 2.85. The quantitative estimate of drug-likeness (QED) is 0.606. The molecule has 0 N–H and O–H groups in total. The van der Waals surface area contributed by atoms with Crippen LogP contribution in [0.15, 0.2) is 42.6 Å². The number of halogens is 3. The molecule has 1 aromatic carbocycles. The second-order valence-electron chi connectivity index (χ2n) is 8.13. The van der Waals surface area contributed by atoms with Gasteiger partial charge in [-0.2, -0.15) is 13.2 Å². The lowest BCUT2D eigenvalue weighted by molar-refractivity contribution is -0.534. The van der Waals surface area contributed by atoms with Gasteiger partial charge in [0.15, 0.2) is 5.69 Å². The second kappa shape index (κ2) is 5.12. The van der Waals surface area contributed by atoms with E-state index in [9.17, 15) is 13.2 Å². The summed E-state index contributed by atoms with van der Waals surface area (Å²) in [5.74, 6) is 1.01. The third-order valence-corrected chi connectivity index (χ3v) is 7.24. The lowest BCUT2D eigenvalue weighted by Gasteiger charge is -2.52. The van der Waals surface area contributed by atoms with Crippen molar-refractivity contribution in [2.24, 2.45) is 0 Å². The maximum Gasteiger partial charge on any atom is 0.416 e. The van der Waals surface area contributed by atoms with Gasteiger partial charge in [0, 0.05) is 11.6 Å². The van der Waals surface area contributed by atoms with E-state index in [1.807, 2.05) is 12.1 Å². The highest BCUT2D eigenvalue weighted by atomic mass is 19.4. The zero-order valence-corrected chi connectivity index (χ0v) is 14.1. The third-order valence-electron chi connectivity index (χ3n) is 7.24. The van der Waals surface area contributed by atoms with Gasteiger partial charge in [-0.15, -0.1) is 5.46 Å². The topological polar surface area (TPSA) is 3.88 Å². The van der Waals surface area contributed by atoms with Crippen LogP contribution in [0.25, 0.3) is 11.3 Å².